The fraction of sp³-hybridized carbons (Fsp3) is 0.600. The van der Waals surface area contributed by atoms with Crippen LogP contribution < -0.4 is 10.2 Å². The predicted molar refractivity (Wildman–Crippen MR) is 85.5 cm³/mol. The lowest BCUT2D eigenvalue weighted by Gasteiger charge is -2.34. The molecule has 1 fully saturated rings. The van der Waals surface area contributed by atoms with E-state index in [9.17, 15) is 14.9 Å². The van der Waals surface area contributed by atoms with Crippen LogP contribution in [0.3, 0.4) is 0 Å². The van der Waals surface area contributed by atoms with E-state index in [0.29, 0.717) is 18.8 Å². The van der Waals surface area contributed by atoms with Crippen molar-refractivity contribution in [2.24, 2.45) is 0 Å². The zero-order valence-electron chi connectivity index (χ0n) is 13.6. The fourth-order valence-corrected chi connectivity index (χ4v) is 2.57. The summed E-state index contributed by atoms with van der Waals surface area (Å²) in [6, 6.07) is 1.53. The molecule has 126 valence electrons. The number of nitro groups is 1. The largest absolute Gasteiger partial charge is 0.444 e. The standard InChI is InChI=1S/C15H22N4O4/c1-15(2,3)23-14(20)17-11-5-4-8-18(10-11)12-6-7-16-9-13(12)19(21)22/h6-7,9,11H,4-5,8,10H2,1-3H3,(H,17,20)/t11-/m0/s1. The van der Waals surface area contributed by atoms with Gasteiger partial charge >= 0.3 is 11.8 Å². The van der Waals surface area contributed by atoms with Crippen LogP contribution in [0.5, 0.6) is 0 Å². The second-order valence-electron chi connectivity index (χ2n) is 6.55. The third-order valence-corrected chi connectivity index (χ3v) is 3.46. The summed E-state index contributed by atoms with van der Waals surface area (Å²) in [5.74, 6) is 0. The molecule has 0 aromatic carbocycles. The minimum atomic E-state index is -0.553. The van der Waals surface area contributed by atoms with Gasteiger partial charge in [0.05, 0.1) is 4.92 Å². The predicted octanol–water partition coefficient (Wildman–Crippen LogP) is 2.48. The van der Waals surface area contributed by atoms with Crippen molar-refractivity contribution in [1.29, 1.82) is 0 Å². The van der Waals surface area contributed by atoms with Gasteiger partial charge in [0.1, 0.15) is 17.5 Å². The van der Waals surface area contributed by atoms with Crippen molar-refractivity contribution in [2.45, 2.75) is 45.3 Å². The SMILES string of the molecule is CC(C)(C)OC(=O)N[C@H]1CCCN(c2ccncc2[N+](=O)[O-])C1. The lowest BCUT2D eigenvalue weighted by atomic mass is 10.0. The lowest BCUT2D eigenvalue weighted by molar-refractivity contribution is -0.384. The number of hydrogen-bond acceptors (Lipinski definition) is 6. The second-order valence-corrected chi connectivity index (χ2v) is 6.55. The number of alkyl carbamates (subject to hydrolysis) is 1. The molecule has 1 N–H and O–H groups in total. The first-order valence-electron chi connectivity index (χ1n) is 7.59. The quantitative estimate of drug-likeness (QED) is 0.678. The van der Waals surface area contributed by atoms with Gasteiger partial charge in [-0.25, -0.2) is 4.79 Å². The maximum absolute atomic E-state index is 11.9. The summed E-state index contributed by atoms with van der Waals surface area (Å²) in [5, 5.41) is 14.0. The molecule has 8 nitrogen and oxygen atoms in total. The van der Waals surface area contributed by atoms with Crippen LogP contribution in [0.1, 0.15) is 33.6 Å². The number of ether oxygens (including phenoxy) is 1. The first kappa shape index (κ1) is 17.0. The first-order chi connectivity index (χ1) is 10.8. The Morgan fingerprint density at radius 2 is 2.26 bits per heavy atom. The van der Waals surface area contributed by atoms with Gasteiger partial charge in [-0.2, -0.15) is 0 Å². The Morgan fingerprint density at radius 3 is 2.91 bits per heavy atom. The van der Waals surface area contributed by atoms with E-state index in [1.54, 1.807) is 26.8 Å². The fourth-order valence-electron chi connectivity index (χ4n) is 2.57. The van der Waals surface area contributed by atoms with Gasteiger partial charge < -0.3 is 15.0 Å². The molecule has 1 amide bonds. The Balaban J connectivity index is 2.04. The molecule has 8 heteroatoms. The molecular weight excluding hydrogens is 300 g/mol. The van der Waals surface area contributed by atoms with Crippen molar-refractivity contribution < 1.29 is 14.5 Å². The van der Waals surface area contributed by atoms with E-state index in [1.165, 1.54) is 12.4 Å². The summed E-state index contributed by atoms with van der Waals surface area (Å²) in [5.41, 5.74) is -0.0476. The average Bonchev–Trinajstić information content (AvgIpc) is 2.45. The number of piperidine rings is 1. The van der Waals surface area contributed by atoms with E-state index in [0.717, 1.165) is 12.8 Å². The van der Waals surface area contributed by atoms with Crippen LogP contribution in [0.2, 0.25) is 0 Å². The van der Waals surface area contributed by atoms with Crippen LogP contribution in [0.15, 0.2) is 18.5 Å². The number of nitrogens with zero attached hydrogens (tertiary/aromatic N) is 3. The van der Waals surface area contributed by atoms with Gasteiger partial charge in [-0.3, -0.25) is 15.1 Å². The van der Waals surface area contributed by atoms with E-state index in [2.05, 4.69) is 10.3 Å². The highest BCUT2D eigenvalue weighted by Gasteiger charge is 2.27. The molecule has 0 unspecified atom stereocenters. The number of anilines is 1. The first-order valence-corrected chi connectivity index (χ1v) is 7.59. The van der Waals surface area contributed by atoms with E-state index < -0.39 is 16.6 Å². The minimum absolute atomic E-state index is 0.0228. The molecule has 1 aromatic rings. The zero-order chi connectivity index (χ0) is 17.0. The number of pyridine rings is 1. The van der Waals surface area contributed by atoms with Crippen molar-refractivity contribution in [3.8, 4) is 0 Å². The Bertz CT molecular complexity index is 585. The van der Waals surface area contributed by atoms with Crippen LogP contribution in [-0.2, 0) is 4.74 Å². The van der Waals surface area contributed by atoms with Crippen molar-refractivity contribution >= 4 is 17.5 Å². The Morgan fingerprint density at radius 1 is 1.52 bits per heavy atom. The molecule has 1 aromatic heterocycles. The minimum Gasteiger partial charge on any atom is -0.444 e. The molecule has 1 aliphatic heterocycles. The highest BCUT2D eigenvalue weighted by Crippen LogP contribution is 2.29. The summed E-state index contributed by atoms with van der Waals surface area (Å²) in [6.45, 7) is 6.63. The summed E-state index contributed by atoms with van der Waals surface area (Å²) in [6.07, 6.45) is 3.97. The van der Waals surface area contributed by atoms with E-state index in [-0.39, 0.29) is 11.7 Å². The third-order valence-electron chi connectivity index (χ3n) is 3.46. The van der Waals surface area contributed by atoms with Crippen LogP contribution in [0.25, 0.3) is 0 Å². The number of hydrogen-bond donors (Lipinski definition) is 1. The van der Waals surface area contributed by atoms with E-state index in [1.807, 2.05) is 4.90 Å². The normalized spacial score (nSPS) is 18.4. The van der Waals surface area contributed by atoms with Gasteiger partial charge in [-0.1, -0.05) is 0 Å². The maximum Gasteiger partial charge on any atom is 0.407 e. The summed E-state index contributed by atoms with van der Waals surface area (Å²) in [4.78, 5) is 28.3. The second kappa shape index (κ2) is 6.80. The number of carbonyl (C=O) groups excluding carboxylic acids is 1. The highest BCUT2D eigenvalue weighted by molar-refractivity contribution is 5.68. The number of aromatic nitrogens is 1. The van der Waals surface area contributed by atoms with Crippen molar-refractivity contribution in [3.05, 3.63) is 28.6 Å². The summed E-state index contributed by atoms with van der Waals surface area (Å²) in [7, 11) is 0. The van der Waals surface area contributed by atoms with E-state index in [4.69, 9.17) is 4.74 Å². The lowest BCUT2D eigenvalue weighted by Crippen LogP contribution is -2.49. The molecule has 2 heterocycles. The van der Waals surface area contributed by atoms with Gasteiger partial charge in [0.2, 0.25) is 0 Å². The molecule has 2 rings (SSSR count). The van der Waals surface area contributed by atoms with Crippen LogP contribution in [0, 0.1) is 10.1 Å². The molecular formula is C15H22N4O4. The monoisotopic (exact) mass is 322 g/mol. The molecule has 1 aliphatic rings. The van der Waals surface area contributed by atoms with Gasteiger partial charge in [0, 0.05) is 25.3 Å². The summed E-state index contributed by atoms with van der Waals surface area (Å²) >= 11 is 0. The maximum atomic E-state index is 11.9. The Labute approximate surface area is 135 Å². The number of nitrogens with one attached hydrogen (secondary N) is 1. The molecule has 1 saturated heterocycles. The molecule has 0 saturated carbocycles. The molecule has 0 radical (unpaired) electrons. The topological polar surface area (TPSA) is 97.6 Å². The third kappa shape index (κ3) is 4.80. The highest BCUT2D eigenvalue weighted by atomic mass is 16.6. The van der Waals surface area contributed by atoms with Crippen LogP contribution in [0.4, 0.5) is 16.2 Å². The number of rotatable bonds is 3. The molecule has 23 heavy (non-hydrogen) atoms. The zero-order valence-corrected chi connectivity index (χ0v) is 13.6. The Hall–Kier alpha value is -2.38. The van der Waals surface area contributed by atoms with Crippen molar-refractivity contribution in [1.82, 2.24) is 10.3 Å². The van der Waals surface area contributed by atoms with Crippen LogP contribution >= 0.6 is 0 Å². The van der Waals surface area contributed by atoms with Crippen LogP contribution in [-0.4, -0.2) is 40.7 Å². The molecule has 0 aliphatic carbocycles. The molecule has 0 spiro atoms. The smallest absolute Gasteiger partial charge is 0.407 e. The number of amides is 1. The molecule has 0 bridgehead atoms. The molecule has 1 atom stereocenters. The van der Waals surface area contributed by atoms with Gasteiger partial charge in [0.25, 0.3) is 0 Å². The van der Waals surface area contributed by atoms with Crippen molar-refractivity contribution in [2.75, 3.05) is 18.0 Å². The average molecular weight is 322 g/mol. The van der Waals surface area contributed by atoms with Gasteiger partial charge in [-0.15, -0.1) is 0 Å². The number of carbonyl (C=O) groups is 1. The Kier molecular flexibility index (Phi) is 5.02. The van der Waals surface area contributed by atoms with Crippen molar-refractivity contribution in [3.63, 3.8) is 0 Å². The van der Waals surface area contributed by atoms with E-state index >= 15 is 0 Å². The summed E-state index contributed by atoms with van der Waals surface area (Å²) < 4.78 is 5.26. The van der Waals surface area contributed by atoms with Gasteiger partial charge in [-0.05, 0) is 39.7 Å². The van der Waals surface area contributed by atoms with Gasteiger partial charge in [0.15, 0.2) is 0 Å².